The quantitative estimate of drug-likeness (QED) is 0.197. The molecule has 2 amide bonds. The fraction of sp³-hybridized carbons (Fsp3) is 0.278. The molecule has 4 rings (SSSR count). The molecule has 4 aromatic carbocycles. The van der Waals surface area contributed by atoms with Crippen molar-refractivity contribution >= 4 is 39.1 Å². The lowest BCUT2D eigenvalue weighted by Crippen LogP contribution is -2.56. The average molecular weight is 646 g/mol. The Bertz CT molecular complexity index is 1740. The second-order valence-corrected chi connectivity index (χ2v) is 14.4. The van der Waals surface area contributed by atoms with E-state index in [4.69, 9.17) is 11.6 Å². The smallest absolute Gasteiger partial charge is 0.264 e. The molecule has 0 aliphatic heterocycles. The number of amides is 2. The number of nitrogens with one attached hydrogen (secondary N) is 1. The highest BCUT2D eigenvalue weighted by Crippen LogP contribution is 2.30. The van der Waals surface area contributed by atoms with Crippen molar-refractivity contribution in [3.05, 3.63) is 130 Å². The van der Waals surface area contributed by atoms with Crippen LogP contribution in [-0.2, 0) is 32.6 Å². The van der Waals surface area contributed by atoms with Crippen molar-refractivity contribution in [1.82, 2.24) is 10.2 Å². The summed E-state index contributed by atoms with van der Waals surface area (Å²) in [5.41, 5.74) is 2.92. The standard InChI is InChI=1S/C36H40ClN3O4S/c1-26-15-14-22-32(27(26)2)40(45(43,44)30-19-10-7-11-20-30)25-34(41)39(24-29-18-12-13-21-31(29)37)33(35(42)38-36(3,4)5)23-28-16-8-6-9-17-28/h6-22,33H,23-25H2,1-5H3,(H,38,42)/t33-/m0/s1. The molecule has 0 fully saturated rings. The van der Waals surface area contributed by atoms with Crippen LogP contribution in [0.4, 0.5) is 5.69 Å². The van der Waals surface area contributed by atoms with Crippen LogP contribution >= 0.6 is 11.6 Å². The summed E-state index contributed by atoms with van der Waals surface area (Å²) < 4.78 is 29.6. The van der Waals surface area contributed by atoms with E-state index >= 15 is 0 Å². The lowest BCUT2D eigenvalue weighted by molar-refractivity contribution is -0.140. The van der Waals surface area contributed by atoms with Crippen LogP contribution in [0.2, 0.25) is 5.02 Å². The van der Waals surface area contributed by atoms with Gasteiger partial charge in [-0.05, 0) is 81.1 Å². The monoisotopic (exact) mass is 645 g/mol. The largest absolute Gasteiger partial charge is 0.350 e. The van der Waals surface area contributed by atoms with Crippen molar-refractivity contribution < 1.29 is 18.0 Å². The summed E-state index contributed by atoms with van der Waals surface area (Å²) in [4.78, 5) is 30.1. The summed E-state index contributed by atoms with van der Waals surface area (Å²) in [6.07, 6.45) is 0.216. The van der Waals surface area contributed by atoms with E-state index in [9.17, 15) is 18.0 Å². The fourth-order valence-corrected chi connectivity index (χ4v) is 6.74. The van der Waals surface area contributed by atoms with E-state index in [1.165, 1.54) is 17.0 Å². The number of aryl methyl sites for hydroxylation is 1. The molecule has 9 heteroatoms. The average Bonchev–Trinajstić information content (AvgIpc) is 3.00. The topological polar surface area (TPSA) is 86.8 Å². The molecule has 45 heavy (non-hydrogen) atoms. The van der Waals surface area contributed by atoms with Gasteiger partial charge >= 0.3 is 0 Å². The van der Waals surface area contributed by atoms with E-state index in [1.807, 2.05) is 77.1 Å². The van der Waals surface area contributed by atoms with Gasteiger partial charge in [-0.15, -0.1) is 0 Å². The summed E-state index contributed by atoms with van der Waals surface area (Å²) in [5.74, 6) is -0.892. The number of hydrogen-bond acceptors (Lipinski definition) is 4. The van der Waals surface area contributed by atoms with Crippen LogP contribution < -0.4 is 9.62 Å². The van der Waals surface area contributed by atoms with Gasteiger partial charge in [-0.25, -0.2) is 8.42 Å². The molecule has 1 N–H and O–H groups in total. The SMILES string of the molecule is Cc1cccc(N(CC(=O)N(Cc2ccccc2Cl)[C@@H](Cc2ccccc2)C(=O)NC(C)(C)C)S(=O)(=O)c2ccccc2)c1C. The molecule has 1 atom stereocenters. The van der Waals surface area contributed by atoms with Crippen molar-refractivity contribution in [3.8, 4) is 0 Å². The summed E-state index contributed by atoms with van der Waals surface area (Å²) in [6, 6.07) is 29.0. The van der Waals surface area contributed by atoms with Crippen LogP contribution in [0.5, 0.6) is 0 Å². The molecular formula is C36H40ClN3O4S. The normalized spacial score (nSPS) is 12.3. The number of carbonyl (C=O) groups excluding carboxylic acids is 2. The first-order valence-corrected chi connectivity index (χ1v) is 16.6. The number of nitrogens with zero attached hydrogens (tertiary/aromatic N) is 2. The van der Waals surface area contributed by atoms with Gasteiger partial charge in [0, 0.05) is 23.5 Å². The summed E-state index contributed by atoms with van der Waals surface area (Å²) >= 11 is 6.57. The highest BCUT2D eigenvalue weighted by Gasteiger charge is 2.36. The molecule has 0 aliphatic rings. The lowest BCUT2D eigenvalue weighted by Gasteiger charge is -2.35. The third-order valence-corrected chi connectivity index (χ3v) is 9.67. The Hall–Kier alpha value is -4.14. The number of carbonyl (C=O) groups is 2. The van der Waals surface area contributed by atoms with Gasteiger partial charge in [-0.2, -0.15) is 0 Å². The van der Waals surface area contributed by atoms with Gasteiger partial charge in [-0.1, -0.05) is 90.5 Å². The van der Waals surface area contributed by atoms with Crippen molar-refractivity contribution in [2.45, 2.75) is 64.1 Å². The van der Waals surface area contributed by atoms with Gasteiger partial charge in [-0.3, -0.25) is 13.9 Å². The zero-order valence-electron chi connectivity index (χ0n) is 26.3. The molecule has 0 radical (unpaired) electrons. The molecule has 7 nitrogen and oxygen atoms in total. The highest BCUT2D eigenvalue weighted by molar-refractivity contribution is 7.92. The van der Waals surface area contributed by atoms with Crippen LogP contribution in [0.15, 0.2) is 108 Å². The molecule has 0 heterocycles. The third kappa shape index (κ3) is 8.53. The van der Waals surface area contributed by atoms with E-state index < -0.39 is 34.1 Å². The first-order valence-electron chi connectivity index (χ1n) is 14.8. The van der Waals surface area contributed by atoms with E-state index in [1.54, 1.807) is 48.5 Å². The van der Waals surface area contributed by atoms with E-state index in [0.717, 1.165) is 21.0 Å². The van der Waals surface area contributed by atoms with Gasteiger partial charge in [0.2, 0.25) is 11.8 Å². The Kier molecular flexibility index (Phi) is 10.7. The molecule has 0 spiro atoms. The number of benzene rings is 4. The van der Waals surface area contributed by atoms with Crippen LogP contribution in [0.25, 0.3) is 0 Å². The molecule has 0 saturated carbocycles. The molecule has 0 saturated heterocycles. The van der Waals surface area contributed by atoms with Crippen LogP contribution in [0.1, 0.15) is 43.0 Å². The Labute approximate surface area is 271 Å². The van der Waals surface area contributed by atoms with Gasteiger partial charge in [0.05, 0.1) is 10.6 Å². The third-order valence-electron chi connectivity index (χ3n) is 7.52. The first-order chi connectivity index (χ1) is 21.3. The molecule has 236 valence electrons. The number of sulfonamides is 1. The number of anilines is 1. The van der Waals surface area contributed by atoms with Crippen LogP contribution in [0.3, 0.4) is 0 Å². The Morgan fingerprint density at radius 1 is 0.822 bits per heavy atom. The number of rotatable bonds is 11. The molecular weight excluding hydrogens is 606 g/mol. The fourth-order valence-electron chi connectivity index (χ4n) is 5.06. The first kappa shape index (κ1) is 33.7. The predicted molar refractivity (Wildman–Crippen MR) is 181 cm³/mol. The highest BCUT2D eigenvalue weighted by atomic mass is 35.5. The number of halogens is 1. The predicted octanol–water partition coefficient (Wildman–Crippen LogP) is 6.71. The molecule has 0 unspecified atom stereocenters. The second kappa shape index (κ2) is 14.3. The zero-order chi connectivity index (χ0) is 32.8. The Balaban J connectivity index is 1.85. The van der Waals surface area contributed by atoms with Crippen molar-refractivity contribution in [1.29, 1.82) is 0 Å². The summed E-state index contributed by atoms with van der Waals surface area (Å²) in [6.45, 7) is 8.82. The van der Waals surface area contributed by atoms with Gasteiger partial charge in [0.15, 0.2) is 0 Å². The van der Waals surface area contributed by atoms with Crippen molar-refractivity contribution in [2.75, 3.05) is 10.8 Å². The molecule has 0 aromatic heterocycles. The second-order valence-electron chi connectivity index (χ2n) is 12.1. The lowest BCUT2D eigenvalue weighted by atomic mass is 10.0. The minimum Gasteiger partial charge on any atom is -0.350 e. The van der Waals surface area contributed by atoms with Crippen molar-refractivity contribution in [2.24, 2.45) is 0 Å². The van der Waals surface area contributed by atoms with E-state index in [-0.39, 0.29) is 23.8 Å². The Morgan fingerprint density at radius 3 is 2.04 bits per heavy atom. The van der Waals surface area contributed by atoms with Crippen LogP contribution in [-0.4, -0.2) is 43.3 Å². The van der Waals surface area contributed by atoms with Gasteiger partial charge in [0.25, 0.3) is 10.0 Å². The summed E-state index contributed by atoms with van der Waals surface area (Å²) in [7, 11) is -4.18. The minimum absolute atomic E-state index is 0.000403. The Morgan fingerprint density at radius 2 is 1.42 bits per heavy atom. The maximum absolute atomic E-state index is 14.6. The van der Waals surface area contributed by atoms with Gasteiger partial charge < -0.3 is 10.2 Å². The van der Waals surface area contributed by atoms with E-state index in [0.29, 0.717) is 16.3 Å². The molecule has 0 bridgehead atoms. The minimum atomic E-state index is -4.18. The van der Waals surface area contributed by atoms with Gasteiger partial charge in [0.1, 0.15) is 12.6 Å². The number of hydrogen-bond donors (Lipinski definition) is 1. The maximum atomic E-state index is 14.6. The molecule has 0 aliphatic carbocycles. The summed E-state index contributed by atoms with van der Waals surface area (Å²) in [5, 5.41) is 3.47. The van der Waals surface area contributed by atoms with Crippen LogP contribution in [0, 0.1) is 13.8 Å². The zero-order valence-corrected chi connectivity index (χ0v) is 27.9. The molecule has 4 aromatic rings. The van der Waals surface area contributed by atoms with E-state index in [2.05, 4.69) is 5.32 Å². The maximum Gasteiger partial charge on any atom is 0.264 e. The van der Waals surface area contributed by atoms with Crippen molar-refractivity contribution in [3.63, 3.8) is 0 Å².